The highest BCUT2D eigenvalue weighted by molar-refractivity contribution is 7.22. The van der Waals surface area contributed by atoms with Gasteiger partial charge in [-0.3, -0.25) is 0 Å². The molecule has 1 N–H and O–H groups in total. The van der Waals surface area contributed by atoms with E-state index in [1.54, 1.807) is 46.1 Å². The van der Waals surface area contributed by atoms with Crippen molar-refractivity contribution in [3.63, 3.8) is 0 Å². The number of aromatic nitrogens is 2. The Kier molecular flexibility index (Phi) is 5.58. The van der Waals surface area contributed by atoms with Crippen LogP contribution in [-0.2, 0) is 0 Å². The quantitative estimate of drug-likeness (QED) is 0.441. The Morgan fingerprint density at radius 1 is 0.800 bits per heavy atom. The number of fused-ring (bicyclic) bond motifs is 1. The smallest absolute Gasteiger partial charge is 0.203 e. The summed E-state index contributed by atoms with van der Waals surface area (Å²) in [6.45, 7) is 0. The minimum absolute atomic E-state index is 0.538. The van der Waals surface area contributed by atoms with E-state index >= 15 is 0 Å². The first-order valence-corrected chi connectivity index (χ1v) is 9.94. The van der Waals surface area contributed by atoms with Gasteiger partial charge in [0.1, 0.15) is 12.1 Å². The molecule has 154 valence electrons. The highest BCUT2D eigenvalue weighted by Crippen LogP contribution is 2.42. The minimum atomic E-state index is 0.538. The van der Waals surface area contributed by atoms with Crippen molar-refractivity contribution in [2.45, 2.75) is 0 Å². The molecule has 4 rings (SSSR count). The van der Waals surface area contributed by atoms with Gasteiger partial charge in [-0.15, -0.1) is 11.3 Å². The summed E-state index contributed by atoms with van der Waals surface area (Å²) in [5.41, 5.74) is 2.73. The Morgan fingerprint density at radius 2 is 1.50 bits per heavy atom. The van der Waals surface area contributed by atoms with Crippen molar-refractivity contribution in [1.82, 2.24) is 9.97 Å². The van der Waals surface area contributed by atoms with Crippen LogP contribution in [0, 0.1) is 0 Å². The molecule has 0 saturated heterocycles. The van der Waals surface area contributed by atoms with E-state index in [4.69, 9.17) is 18.9 Å². The van der Waals surface area contributed by atoms with Gasteiger partial charge in [0.15, 0.2) is 17.3 Å². The summed E-state index contributed by atoms with van der Waals surface area (Å²) in [4.78, 5) is 9.97. The normalized spacial score (nSPS) is 10.7. The number of anilines is 2. The summed E-state index contributed by atoms with van der Waals surface area (Å²) in [5.74, 6) is 3.20. The maximum atomic E-state index is 5.44. The number of methoxy groups -OCH3 is 4. The Labute approximate surface area is 178 Å². The van der Waals surface area contributed by atoms with Crippen LogP contribution in [-0.4, -0.2) is 38.4 Å². The van der Waals surface area contributed by atoms with Gasteiger partial charge in [0.05, 0.1) is 38.7 Å². The van der Waals surface area contributed by atoms with Crippen LogP contribution in [0.1, 0.15) is 0 Å². The third kappa shape index (κ3) is 3.69. The van der Waals surface area contributed by atoms with E-state index in [0.29, 0.717) is 23.1 Å². The maximum Gasteiger partial charge on any atom is 0.203 e. The lowest BCUT2D eigenvalue weighted by atomic mass is 10.2. The standard InChI is InChI=1S/C22H21N3O4S/c1-26-15-7-5-13(6-8-15)19-11-16-21(30-19)22(24-12-23-16)25-14-9-17(27-2)20(29-4)18(10-14)28-3/h5-12H,1-4H3,(H,23,24,25). The van der Waals surface area contributed by atoms with Gasteiger partial charge in [-0.2, -0.15) is 0 Å². The molecular formula is C22H21N3O4S. The lowest BCUT2D eigenvalue weighted by Crippen LogP contribution is -1.99. The molecule has 0 radical (unpaired) electrons. The zero-order valence-electron chi connectivity index (χ0n) is 17.1. The number of hydrogen-bond donors (Lipinski definition) is 1. The highest BCUT2D eigenvalue weighted by Gasteiger charge is 2.15. The Hall–Kier alpha value is -3.52. The van der Waals surface area contributed by atoms with Crippen molar-refractivity contribution in [3.05, 3.63) is 48.8 Å². The third-order valence-electron chi connectivity index (χ3n) is 4.61. The van der Waals surface area contributed by atoms with E-state index in [-0.39, 0.29) is 0 Å². The van der Waals surface area contributed by atoms with Crippen molar-refractivity contribution < 1.29 is 18.9 Å². The molecule has 0 fully saturated rings. The molecule has 0 aliphatic heterocycles. The molecular weight excluding hydrogens is 402 g/mol. The zero-order chi connectivity index (χ0) is 21.1. The number of benzene rings is 2. The molecule has 2 aromatic heterocycles. The summed E-state index contributed by atoms with van der Waals surface area (Å²) in [6.07, 6.45) is 1.55. The van der Waals surface area contributed by atoms with E-state index < -0.39 is 0 Å². The van der Waals surface area contributed by atoms with Crippen LogP contribution < -0.4 is 24.3 Å². The summed E-state index contributed by atoms with van der Waals surface area (Å²) in [6, 6.07) is 13.7. The first-order chi connectivity index (χ1) is 14.7. The number of thiophene rings is 1. The van der Waals surface area contributed by atoms with Crippen LogP contribution in [0.2, 0.25) is 0 Å². The molecule has 0 atom stereocenters. The Morgan fingerprint density at radius 3 is 2.10 bits per heavy atom. The molecule has 2 aromatic carbocycles. The van der Waals surface area contributed by atoms with E-state index in [1.165, 1.54) is 0 Å². The van der Waals surface area contributed by atoms with Crippen LogP contribution in [0.3, 0.4) is 0 Å². The fourth-order valence-electron chi connectivity index (χ4n) is 3.13. The van der Waals surface area contributed by atoms with Gasteiger partial charge in [0.2, 0.25) is 5.75 Å². The van der Waals surface area contributed by atoms with Crippen LogP contribution >= 0.6 is 11.3 Å². The van der Waals surface area contributed by atoms with E-state index in [0.717, 1.165) is 32.1 Å². The second-order valence-electron chi connectivity index (χ2n) is 6.31. The predicted molar refractivity (Wildman–Crippen MR) is 119 cm³/mol. The molecule has 2 heterocycles. The molecule has 0 amide bonds. The molecule has 0 unspecified atom stereocenters. The zero-order valence-corrected chi connectivity index (χ0v) is 17.9. The first kappa shape index (κ1) is 19.8. The van der Waals surface area contributed by atoms with Gasteiger partial charge in [-0.25, -0.2) is 9.97 Å². The van der Waals surface area contributed by atoms with Gasteiger partial charge < -0.3 is 24.3 Å². The fraction of sp³-hybridized carbons (Fsp3) is 0.182. The monoisotopic (exact) mass is 423 g/mol. The summed E-state index contributed by atoms with van der Waals surface area (Å²) < 4.78 is 22.5. The molecule has 0 spiro atoms. The topological polar surface area (TPSA) is 74.7 Å². The van der Waals surface area contributed by atoms with Crippen LogP contribution in [0.25, 0.3) is 20.7 Å². The second-order valence-corrected chi connectivity index (χ2v) is 7.37. The van der Waals surface area contributed by atoms with Crippen molar-refractivity contribution in [2.24, 2.45) is 0 Å². The van der Waals surface area contributed by atoms with Crippen molar-refractivity contribution in [2.75, 3.05) is 33.8 Å². The van der Waals surface area contributed by atoms with Crippen molar-refractivity contribution in [1.29, 1.82) is 0 Å². The second kappa shape index (κ2) is 8.46. The van der Waals surface area contributed by atoms with E-state index in [9.17, 15) is 0 Å². The van der Waals surface area contributed by atoms with Gasteiger partial charge in [0, 0.05) is 22.7 Å². The molecule has 0 aliphatic carbocycles. The van der Waals surface area contributed by atoms with Gasteiger partial charge in [0.25, 0.3) is 0 Å². The number of rotatable bonds is 7. The maximum absolute atomic E-state index is 5.44. The largest absolute Gasteiger partial charge is 0.497 e. The molecule has 8 heteroatoms. The average Bonchev–Trinajstić information content (AvgIpc) is 3.24. The molecule has 30 heavy (non-hydrogen) atoms. The molecule has 0 bridgehead atoms. The van der Waals surface area contributed by atoms with E-state index in [2.05, 4.69) is 21.4 Å². The van der Waals surface area contributed by atoms with Gasteiger partial charge in [-0.1, -0.05) is 0 Å². The molecule has 0 saturated carbocycles. The minimum Gasteiger partial charge on any atom is -0.497 e. The number of hydrogen-bond acceptors (Lipinski definition) is 8. The lowest BCUT2D eigenvalue weighted by Gasteiger charge is -2.15. The number of nitrogens with zero attached hydrogens (tertiary/aromatic N) is 2. The van der Waals surface area contributed by atoms with Crippen LogP contribution in [0.5, 0.6) is 23.0 Å². The fourth-order valence-corrected chi connectivity index (χ4v) is 4.19. The van der Waals surface area contributed by atoms with Crippen LogP contribution in [0.4, 0.5) is 11.5 Å². The van der Waals surface area contributed by atoms with Gasteiger partial charge >= 0.3 is 0 Å². The van der Waals surface area contributed by atoms with Crippen molar-refractivity contribution >= 4 is 33.1 Å². The molecule has 0 aliphatic rings. The summed E-state index contributed by atoms with van der Waals surface area (Å²) in [5, 5.41) is 3.35. The predicted octanol–water partition coefficient (Wildman–Crippen LogP) is 5.14. The molecule has 4 aromatic rings. The van der Waals surface area contributed by atoms with E-state index in [1.807, 2.05) is 36.4 Å². The number of nitrogens with one attached hydrogen (secondary N) is 1. The van der Waals surface area contributed by atoms with Gasteiger partial charge in [-0.05, 0) is 35.9 Å². The third-order valence-corrected chi connectivity index (χ3v) is 5.79. The lowest BCUT2D eigenvalue weighted by molar-refractivity contribution is 0.324. The highest BCUT2D eigenvalue weighted by atomic mass is 32.1. The first-order valence-electron chi connectivity index (χ1n) is 9.12. The SMILES string of the molecule is COc1ccc(-c2cc3ncnc(Nc4cc(OC)c(OC)c(OC)c4)c3s2)cc1. The average molecular weight is 423 g/mol. The number of ether oxygens (including phenoxy) is 4. The summed E-state index contributed by atoms with van der Waals surface area (Å²) in [7, 11) is 6.41. The van der Waals surface area contributed by atoms with Crippen molar-refractivity contribution in [3.8, 4) is 33.4 Å². The van der Waals surface area contributed by atoms with Crippen LogP contribution in [0.15, 0.2) is 48.8 Å². The molecule has 7 nitrogen and oxygen atoms in total. The Bertz CT molecular complexity index is 1150. The summed E-state index contributed by atoms with van der Waals surface area (Å²) >= 11 is 1.62. The Balaban J connectivity index is 1.72.